The molecule has 1 amide bonds. The topological polar surface area (TPSA) is 108 Å². The van der Waals surface area contributed by atoms with Gasteiger partial charge in [-0.25, -0.2) is 0 Å². The quantitative estimate of drug-likeness (QED) is 0.280. The van der Waals surface area contributed by atoms with Gasteiger partial charge in [-0.15, -0.1) is 0 Å². The van der Waals surface area contributed by atoms with Crippen molar-refractivity contribution in [2.24, 2.45) is 0 Å². The highest BCUT2D eigenvalue weighted by molar-refractivity contribution is 9.10. The number of aromatic nitrogens is 2. The molecule has 37 heavy (non-hydrogen) atoms. The van der Waals surface area contributed by atoms with Gasteiger partial charge in [-0.1, -0.05) is 18.2 Å². The van der Waals surface area contributed by atoms with Gasteiger partial charge in [0, 0.05) is 17.7 Å². The molecular formula is C28H26BrN3O5. The molecule has 1 unspecified atom stereocenters. The van der Waals surface area contributed by atoms with E-state index in [1.807, 2.05) is 50.2 Å². The van der Waals surface area contributed by atoms with Gasteiger partial charge in [-0.2, -0.15) is 5.10 Å². The van der Waals surface area contributed by atoms with E-state index in [2.05, 4.69) is 26.1 Å². The summed E-state index contributed by atoms with van der Waals surface area (Å²) in [6.07, 6.45) is 0. The van der Waals surface area contributed by atoms with E-state index in [0.717, 1.165) is 22.4 Å². The fraction of sp³-hybridized carbons (Fsp3) is 0.214. The summed E-state index contributed by atoms with van der Waals surface area (Å²) in [7, 11) is 3.08. The number of amides is 1. The highest BCUT2D eigenvalue weighted by Crippen LogP contribution is 2.48. The molecule has 190 valence electrons. The number of phenols is 2. The molecule has 9 heteroatoms. The molecule has 1 atom stereocenters. The van der Waals surface area contributed by atoms with Crippen LogP contribution in [0.25, 0.3) is 11.3 Å². The second-order valence-electron chi connectivity index (χ2n) is 9.08. The number of aromatic hydroxyl groups is 2. The molecule has 0 saturated heterocycles. The zero-order chi connectivity index (χ0) is 26.4. The number of H-pyrrole nitrogens is 1. The third-order valence-corrected chi connectivity index (χ3v) is 7.27. The summed E-state index contributed by atoms with van der Waals surface area (Å²) in [5.74, 6) is 0.860. The number of rotatable bonds is 6. The number of aryl methyl sites for hydroxylation is 2. The number of hydrogen-bond donors (Lipinski definition) is 3. The number of benzene rings is 3. The van der Waals surface area contributed by atoms with Crippen LogP contribution < -0.4 is 9.47 Å². The first-order valence-electron chi connectivity index (χ1n) is 11.6. The molecule has 0 fully saturated rings. The van der Waals surface area contributed by atoms with E-state index in [1.54, 1.807) is 24.1 Å². The number of hydrogen-bond acceptors (Lipinski definition) is 6. The molecule has 4 aromatic rings. The largest absolute Gasteiger partial charge is 0.507 e. The lowest BCUT2D eigenvalue weighted by Crippen LogP contribution is -2.29. The van der Waals surface area contributed by atoms with Gasteiger partial charge in [-0.3, -0.25) is 9.89 Å². The molecule has 1 aliphatic heterocycles. The number of methoxy groups -OCH3 is 2. The maximum atomic E-state index is 13.8. The fourth-order valence-corrected chi connectivity index (χ4v) is 5.35. The lowest BCUT2D eigenvalue weighted by atomic mass is 9.93. The maximum Gasteiger partial charge on any atom is 0.273 e. The molecule has 0 radical (unpaired) electrons. The SMILES string of the molecule is COc1ccc(CN2C(=O)c3[nH]nc(-c4cc(C)cc(C)c4O)c3C2c2cc(Br)c(O)c(OC)c2)cc1. The van der Waals surface area contributed by atoms with E-state index in [9.17, 15) is 15.0 Å². The van der Waals surface area contributed by atoms with Gasteiger partial charge in [0.25, 0.3) is 5.91 Å². The Bertz CT molecular complexity index is 1510. The van der Waals surface area contributed by atoms with Gasteiger partial charge in [-0.05, 0) is 82.4 Å². The van der Waals surface area contributed by atoms with Crippen LogP contribution in [0, 0.1) is 13.8 Å². The molecule has 8 nitrogen and oxygen atoms in total. The van der Waals surface area contributed by atoms with Crippen molar-refractivity contribution in [2.45, 2.75) is 26.4 Å². The highest BCUT2D eigenvalue weighted by atomic mass is 79.9. The fourth-order valence-electron chi connectivity index (χ4n) is 4.89. The summed E-state index contributed by atoms with van der Waals surface area (Å²) >= 11 is 3.42. The van der Waals surface area contributed by atoms with Crippen LogP contribution in [-0.2, 0) is 6.54 Å². The Labute approximate surface area is 222 Å². The van der Waals surface area contributed by atoms with Gasteiger partial charge in [0.15, 0.2) is 11.5 Å². The molecule has 0 bridgehead atoms. The van der Waals surface area contributed by atoms with E-state index in [0.29, 0.717) is 39.1 Å². The molecule has 0 saturated carbocycles. The van der Waals surface area contributed by atoms with Gasteiger partial charge in [0.1, 0.15) is 22.9 Å². The Hall–Kier alpha value is -3.98. The number of nitrogens with one attached hydrogen (secondary N) is 1. The molecule has 2 heterocycles. The van der Waals surface area contributed by atoms with Crippen LogP contribution in [-0.4, -0.2) is 45.4 Å². The average molecular weight is 564 g/mol. The first-order valence-corrected chi connectivity index (χ1v) is 12.4. The lowest BCUT2D eigenvalue weighted by Gasteiger charge is -2.27. The van der Waals surface area contributed by atoms with Crippen molar-refractivity contribution in [1.29, 1.82) is 0 Å². The minimum atomic E-state index is -0.565. The Morgan fingerprint density at radius 1 is 1.03 bits per heavy atom. The van der Waals surface area contributed by atoms with E-state index in [4.69, 9.17) is 9.47 Å². The zero-order valence-electron chi connectivity index (χ0n) is 20.8. The van der Waals surface area contributed by atoms with Gasteiger partial charge < -0.3 is 24.6 Å². The molecule has 1 aliphatic rings. The number of ether oxygens (including phenoxy) is 2. The first kappa shape index (κ1) is 24.7. The van der Waals surface area contributed by atoms with E-state index in [-0.39, 0.29) is 23.2 Å². The Morgan fingerprint density at radius 2 is 1.76 bits per heavy atom. The second-order valence-corrected chi connectivity index (χ2v) is 9.93. The van der Waals surface area contributed by atoms with Crippen molar-refractivity contribution in [3.05, 3.63) is 86.5 Å². The minimum absolute atomic E-state index is 0.0307. The Kier molecular flexibility index (Phi) is 6.33. The molecule has 0 spiro atoms. The molecular weight excluding hydrogens is 538 g/mol. The van der Waals surface area contributed by atoms with Crippen molar-refractivity contribution in [1.82, 2.24) is 15.1 Å². The molecule has 3 N–H and O–H groups in total. The summed E-state index contributed by atoms with van der Waals surface area (Å²) < 4.78 is 11.1. The summed E-state index contributed by atoms with van der Waals surface area (Å²) in [5.41, 5.74) is 5.37. The Morgan fingerprint density at radius 3 is 2.43 bits per heavy atom. The first-order chi connectivity index (χ1) is 17.7. The van der Waals surface area contributed by atoms with Crippen LogP contribution in [0.1, 0.15) is 44.3 Å². The second kappa shape index (κ2) is 9.48. The van der Waals surface area contributed by atoms with Crippen molar-refractivity contribution in [3.63, 3.8) is 0 Å². The van der Waals surface area contributed by atoms with E-state index in [1.165, 1.54) is 7.11 Å². The number of aromatic amines is 1. The summed E-state index contributed by atoms with van der Waals surface area (Å²) in [6, 6.07) is 14.2. The number of fused-ring (bicyclic) bond motifs is 1. The lowest BCUT2D eigenvalue weighted by molar-refractivity contribution is 0.0730. The van der Waals surface area contributed by atoms with Crippen LogP contribution in [0.3, 0.4) is 0 Å². The van der Waals surface area contributed by atoms with E-state index < -0.39 is 6.04 Å². The number of phenolic OH excluding ortho intramolecular Hbond substituents is 2. The van der Waals surface area contributed by atoms with Crippen molar-refractivity contribution >= 4 is 21.8 Å². The normalized spacial score (nSPS) is 14.7. The van der Waals surface area contributed by atoms with Crippen LogP contribution >= 0.6 is 15.9 Å². The van der Waals surface area contributed by atoms with Crippen LogP contribution in [0.15, 0.2) is 53.0 Å². The van der Waals surface area contributed by atoms with E-state index >= 15 is 0 Å². The van der Waals surface area contributed by atoms with Gasteiger partial charge in [0.05, 0.1) is 24.7 Å². The number of nitrogens with zero attached hydrogens (tertiary/aromatic N) is 2. The summed E-state index contributed by atoms with van der Waals surface area (Å²) in [4.78, 5) is 15.5. The average Bonchev–Trinajstić information content (AvgIpc) is 3.42. The predicted molar refractivity (Wildman–Crippen MR) is 142 cm³/mol. The highest BCUT2D eigenvalue weighted by Gasteiger charge is 2.43. The maximum absolute atomic E-state index is 13.8. The van der Waals surface area contributed by atoms with Crippen molar-refractivity contribution in [3.8, 4) is 34.3 Å². The number of carbonyl (C=O) groups excluding carboxylic acids is 1. The number of carbonyl (C=O) groups is 1. The van der Waals surface area contributed by atoms with Crippen LogP contribution in [0.4, 0.5) is 0 Å². The van der Waals surface area contributed by atoms with Crippen molar-refractivity contribution in [2.75, 3.05) is 14.2 Å². The van der Waals surface area contributed by atoms with Gasteiger partial charge in [0.2, 0.25) is 0 Å². The molecule has 0 aliphatic carbocycles. The van der Waals surface area contributed by atoms with Crippen molar-refractivity contribution < 1.29 is 24.5 Å². The van der Waals surface area contributed by atoms with Crippen LogP contribution in [0.5, 0.6) is 23.0 Å². The minimum Gasteiger partial charge on any atom is -0.507 e. The van der Waals surface area contributed by atoms with Gasteiger partial charge >= 0.3 is 0 Å². The third kappa shape index (κ3) is 4.19. The molecule has 5 rings (SSSR count). The summed E-state index contributed by atoms with van der Waals surface area (Å²) in [6.45, 7) is 4.09. The van der Waals surface area contributed by atoms with Crippen LogP contribution in [0.2, 0.25) is 0 Å². The molecule has 1 aromatic heterocycles. The Balaban J connectivity index is 1.70. The monoisotopic (exact) mass is 563 g/mol. The third-order valence-electron chi connectivity index (χ3n) is 6.66. The predicted octanol–water partition coefficient (Wildman–Crippen LogP) is 5.63. The zero-order valence-corrected chi connectivity index (χ0v) is 22.4. The summed E-state index contributed by atoms with van der Waals surface area (Å²) in [5, 5.41) is 28.8. The smallest absolute Gasteiger partial charge is 0.273 e. The number of halogens is 1. The standard InChI is InChI=1S/C28H26BrN3O5/c1-14-9-15(2)26(33)19(10-14)23-22-24(31-30-23)28(35)32(13-16-5-7-18(36-3)8-6-16)25(22)17-11-20(29)27(34)21(12-17)37-4/h5-12,25,33-34H,13H2,1-4H3,(H,30,31). The molecule has 3 aromatic carbocycles.